The number of fused-ring (bicyclic) bond motifs is 2. The number of ether oxygens (including phenoxy) is 3. The van der Waals surface area contributed by atoms with Crippen molar-refractivity contribution in [2.75, 3.05) is 50.3 Å². The number of nitrogens with zero attached hydrogens (tertiary/aromatic N) is 3. The number of H-pyrrole nitrogens is 2. The molecule has 224 valence electrons. The van der Waals surface area contributed by atoms with Crippen molar-refractivity contribution in [2.24, 2.45) is 0 Å². The van der Waals surface area contributed by atoms with E-state index in [1.54, 1.807) is 42.3 Å². The number of morpholine rings is 1. The number of halogens is 3. The molecule has 5 aromatic rings. The maximum absolute atomic E-state index is 12.6. The Morgan fingerprint density at radius 1 is 1.00 bits per heavy atom. The van der Waals surface area contributed by atoms with Crippen molar-refractivity contribution in [3.8, 4) is 5.75 Å². The second kappa shape index (κ2) is 13.6. The van der Waals surface area contributed by atoms with Crippen molar-refractivity contribution in [3.05, 3.63) is 78.4 Å². The molecule has 0 saturated carbocycles. The van der Waals surface area contributed by atoms with Gasteiger partial charge in [0.1, 0.15) is 24.5 Å². The summed E-state index contributed by atoms with van der Waals surface area (Å²) in [4.78, 5) is 40.7. The number of nitrogens with one attached hydrogen (secondary N) is 3. The fourth-order valence-electron chi connectivity index (χ4n) is 4.26. The second-order valence-electron chi connectivity index (χ2n) is 9.28. The van der Waals surface area contributed by atoms with Crippen LogP contribution in [0.5, 0.6) is 5.75 Å². The first-order valence-corrected chi connectivity index (χ1v) is 14.3. The van der Waals surface area contributed by atoms with Crippen LogP contribution in [-0.2, 0) is 18.1 Å². The van der Waals surface area contributed by atoms with Crippen molar-refractivity contribution in [1.29, 1.82) is 0 Å². The lowest BCUT2D eigenvalue weighted by atomic mass is 10.2. The van der Waals surface area contributed by atoms with Crippen LogP contribution < -0.4 is 15.0 Å². The molecule has 43 heavy (non-hydrogen) atoms. The van der Waals surface area contributed by atoms with Gasteiger partial charge in [-0.15, -0.1) is 0 Å². The van der Waals surface area contributed by atoms with Crippen LogP contribution in [0.15, 0.2) is 66.7 Å². The molecule has 1 aliphatic heterocycles. The van der Waals surface area contributed by atoms with E-state index in [9.17, 15) is 9.59 Å². The predicted molar refractivity (Wildman–Crippen MR) is 166 cm³/mol. The Bertz CT molecular complexity index is 1680. The lowest BCUT2D eigenvalue weighted by Gasteiger charge is -2.26. The van der Waals surface area contributed by atoms with E-state index < -0.39 is 3.79 Å². The number of hydrogen-bond acceptors (Lipinski definition) is 7. The number of amides is 2. The molecule has 11 nitrogen and oxygen atoms in total. The number of methoxy groups -OCH3 is 1. The van der Waals surface area contributed by atoms with Gasteiger partial charge in [-0.2, -0.15) is 0 Å². The molecule has 0 radical (unpaired) electrons. The molecule has 14 heteroatoms. The van der Waals surface area contributed by atoms with Crippen molar-refractivity contribution >= 4 is 80.1 Å². The first-order chi connectivity index (χ1) is 20.7. The average Bonchev–Trinajstić information content (AvgIpc) is 3.64. The standard InChI is InChI=1S/C21H22N4O5.C8H5Cl3N2/c1-28-11-12-30-17-4-2-3-16-19(17)24-20(23-16)21(27)22-14-5-7-15(8-6-14)25-9-10-29-13-18(25)26;9-8(10,11)7-12-5-3-1-2-4-6(5)13-7/h2-8H,9-13H2,1H3,(H,22,27)(H,23,24);1-4H,(H,12,13). The first kappa shape index (κ1) is 30.6. The number of alkyl halides is 3. The van der Waals surface area contributed by atoms with Crippen LogP contribution >= 0.6 is 34.8 Å². The summed E-state index contributed by atoms with van der Waals surface area (Å²) in [7, 11) is 1.60. The molecular weight excluding hydrogens is 619 g/mol. The van der Waals surface area contributed by atoms with Gasteiger partial charge in [0.05, 0.1) is 29.8 Å². The van der Waals surface area contributed by atoms with E-state index in [2.05, 4.69) is 25.3 Å². The van der Waals surface area contributed by atoms with Crippen molar-refractivity contribution in [2.45, 2.75) is 3.79 Å². The van der Waals surface area contributed by atoms with Gasteiger partial charge in [0.15, 0.2) is 11.6 Å². The van der Waals surface area contributed by atoms with E-state index >= 15 is 0 Å². The highest BCUT2D eigenvalue weighted by Gasteiger charge is 2.26. The lowest BCUT2D eigenvalue weighted by Crippen LogP contribution is -2.41. The number of para-hydroxylation sites is 3. The normalized spacial score (nSPS) is 13.6. The Morgan fingerprint density at radius 2 is 1.77 bits per heavy atom. The summed E-state index contributed by atoms with van der Waals surface area (Å²) in [5.74, 6) is 0.659. The van der Waals surface area contributed by atoms with Crippen LogP contribution in [0.3, 0.4) is 0 Å². The number of aromatic nitrogens is 4. The third-order valence-electron chi connectivity index (χ3n) is 6.32. The molecule has 0 atom stereocenters. The van der Waals surface area contributed by atoms with Gasteiger partial charge in [0.25, 0.3) is 11.8 Å². The van der Waals surface area contributed by atoms with Crippen LogP contribution in [0.25, 0.3) is 22.1 Å². The van der Waals surface area contributed by atoms with Crippen molar-refractivity contribution in [3.63, 3.8) is 0 Å². The van der Waals surface area contributed by atoms with Gasteiger partial charge < -0.3 is 34.4 Å². The number of benzene rings is 3. The molecule has 3 N–H and O–H groups in total. The summed E-state index contributed by atoms with van der Waals surface area (Å²) in [6, 6.07) is 20.0. The lowest BCUT2D eigenvalue weighted by molar-refractivity contribution is -0.125. The molecule has 0 aliphatic carbocycles. The predicted octanol–water partition coefficient (Wildman–Crippen LogP) is 5.59. The van der Waals surface area contributed by atoms with Crippen LogP contribution in [0.2, 0.25) is 0 Å². The number of aromatic amines is 2. The van der Waals surface area contributed by atoms with E-state index in [0.717, 1.165) is 16.7 Å². The van der Waals surface area contributed by atoms with Gasteiger partial charge in [-0.1, -0.05) is 53.0 Å². The fourth-order valence-corrected chi connectivity index (χ4v) is 4.53. The molecule has 1 saturated heterocycles. The van der Waals surface area contributed by atoms with Crippen LogP contribution in [0.1, 0.15) is 16.4 Å². The molecule has 3 aromatic carbocycles. The van der Waals surface area contributed by atoms with Gasteiger partial charge in [0, 0.05) is 25.0 Å². The van der Waals surface area contributed by atoms with Crippen LogP contribution in [0.4, 0.5) is 11.4 Å². The van der Waals surface area contributed by atoms with Crippen molar-refractivity contribution in [1.82, 2.24) is 19.9 Å². The van der Waals surface area contributed by atoms with Crippen LogP contribution in [-0.4, -0.2) is 71.8 Å². The number of imidazole rings is 2. The molecular formula is C29H27Cl3N6O5. The van der Waals surface area contributed by atoms with E-state index in [-0.39, 0.29) is 24.2 Å². The smallest absolute Gasteiger partial charge is 0.291 e. The number of anilines is 2. The van der Waals surface area contributed by atoms with E-state index in [1.807, 2.05) is 36.4 Å². The Labute approximate surface area is 261 Å². The third kappa shape index (κ3) is 7.56. The minimum atomic E-state index is -1.49. The molecule has 2 aromatic heterocycles. The minimum Gasteiger partial charge on any atom is -0.489 e. The summed E-state index contributed by atoms with van der Waals surface area (Å²) < 4.78 is 14.3. The average molecular weight is 646 g/mol. The number of carbonyl (C=O) groups is 2. The Kier molecular flexibility index (Phi) is 9.69. The first-order valence-electron chi connectivity index (χ1n) is 13.1. The molecule has 1 aliphatic rings. The van der Waals surface area contributed by atoms with E-state index in [0.29, 0.717) is 54.7 Å². The number of rotatable bonds is 7. The number of carbonyl (C=O) groups excluding carboxylic acids is 2. The minimum absolute atomic E-state index is 0.0798. The highest BCUT2D eigenvalue weighted by molar-refractivity contribution is 6.66. The molecule has 3 heterocycles. The Balaban J connectivity index is 0.000000235. The van der Waals surface area contributed by atoms with Crippen LogP contribution in [0, 0.1) is 0 Å². The van der Waals surface area contributed by atoms with Gasteiger partial charge in [-0.3, -0.25) is 9.59 Å². The summed E-state index contributed by atoms with van der Waals surface area (Å²) in [5.41, 5.74) is 4.31. The largest absolute Gasteiger partial charge is 0.489 e. The molecule has 1 fully saturated rings. The molecule has 0 spiro atoms. The highest BCUT2D eigenvalue weighted by atomic mass is 35.6. The molecule has 6 rings (SSSR count). The fraction of sp³-hybridized carbons (Fsp3) is 0.241. The SMILES string of the molecule is COCCOc1cccc2[nH]c(C(=O)Nc3ccc(N4CCOCC4=O)cc3)nc12.ClC(Cl)(Cl)c1nc2ccccc2[nH]1. The topological polar surface area (TPSA) is 134 Å². The number of hydrogen-bond donors (Lipinski definition) is 3. The van der Waals surface area contributed by atoms with E-state index in [4.69, 9.17) is 49.0 Å². The van der Waals surface area contributed by atoms with Gasteiger partial charge >= 0.3 is 0 Å². The maximum atomic E-state index is 12.6. The summed E-state index contributed by atoms with van der Waals surface area (Å²) in [6.07, 6.45) is 0. The van der Waals surface area contributed by atoms with Gasteiger partial charge in [-0.05, 0) is 48.5 Å². The summed E-state index contributed by atoms with van der Waals surface area (Å²) >= 11 is 17.0. The van der Waals surface area contributed by atoms with Gasteiger partial charge in [-0.25, -0.2) is 9.97 Å². The Morgan fingerprint density at radius 3 is 2.49 bits per heavy atom. The zero-order chi connectivity index (χ0) is 30.4. The second-order valence-corrected chi connectivity index (χ2v) is 11.6. The van der Waals surface area contributed by atoms with E-state index in [1.165, 1.54) is 0 Å². The maximum Gasteiger partial charge on any atom is 0.291 e. The summed E-state index contributed by atoms with van der Waals surface area (Å²) in [5, 5.41) is 2.81. The molecule has 2 amide bonds. The zero-order valence-electron chi connectivity index (χ0n) is 22.9. The Hall–Kier alpha value is -3.87. The molecule has 0 bridgehead atoms. The quantitative estimate of drug-likeness (QED) is 0.155. The third-order valence-corrected chi connectivity index (χ3v) is 6.85. The summed E-state index contributed by atoms with van der Waals surface area (Å²) in [6.45, 7) is 1.95. The van der Waals surface area contributed by atoms with Gasteiger partial charge in [0.2, 0.25) is 3.79 Å². The monoisotopic (exact) mass is 644 g/mol. The zero-order valence-corrected chi connectivity index (χ0v) is 25.2. The molecule has 0 unspecified atom stereocenters. The van der Waals surface area contributed by atoms with Crippen molar-refractivity contribution < 1.29 is 23.8 Å². The highest BCUT2D eigenvalue weighted by Crippen LogP contribution is 2.37.